The Morgan fingerprint density at radius 3 is 2.55 bits per heavy atom. The number of nitro groups is 1. The van der Waals surface area contributed by atoms with Crippen LogP contribution in [0.5, 0.6) is 0 Å². The monoisotopic (exact) mass is 283 g/mol. The maximum Gasteiger partial charge on any atom is 0.308 e. The summed E-state index contributed by atoms with van der Waals surface area (Å²) in [4.78, 5) is 22.5. The van der Waals surface area contributed by atoms with E-state index in [2.05, 4.69) is 0 Å². The lowest BCUT2D eigenvalue weighted by Gasteiger charge is -2.23. The lowest BCUT2D eigenvalue weighted by atomic mass is 10.1. The fourth-order valence-corrected chi connectivity index (χ4v) is 1.58. The fourth-order valence-electron chi connectivity index (χ4n) is 1.58. The molecule has 1 aromatic carbocycles. The van der Waals surface area contributed by atoms with Crippen molar-refractivity contribution >= 4 is 11.6 Å². The molecule has 0 N–H and O–H groups in total. The molecule has 0 radical (unpaired) electrons. The maximum absolute atomic E-state index is 13.9. The van der Waals surface area contributed by atoms with Gasteiger partial charge in [0.25, 0.3) is 5.91 Å². The molecule has 0 fully saturated rings. The SMILES string of the molecule is CC(C)N(CC#N)C(=O)c1cc(F)cc([N+](=O)[O-])c1F. The van der Waals surface area contributed by atoms with Crippen LogP contribution >= 0.6 is 0 Å². The van der Waals surface area contributed by atoms with E-state index in [1.54, 1.807) is 19.9 Å². The molecule has 0 aliphatic carbocycles. The molecule has 0 aliphatic rings. The first kappa shape index (κ1) is 15.5. The Hall–Kier alpha value is -2.56. The van der Waals surface area contributed by atoms with E-state index >= 15 is 0 Å². The molecule has 20 heavy (non-hydrogen) atoms. The average Bonchev–Trinajstić information content (AvgIpc) is 2.36. The summed E-state index contributed by atoms with van der Waals surface area (Å²) in [6, 6.07) is 2.27. The van der Waals surface area contributed by atoms with Gasteiger partial charge in [0.05, 0.1) is 22.6 Å². The quantitative estimate of drug-likeness (QED) is 0.481. The van der Waals surface area contributed by atoms with Crippen molar-refractivity contribution in [2.24, 2.45) is 0 Å². The van der Waals surface area contributed by atoms with Gasteiger partial charge in [-0.15, -0.1) is 0 Å². The maximum atomic E-state index is 13.9. The van der Waals surface area contributed by atoms with E-state index in [9.17, 15) is 23.7 Å². The summed E-state index contributed by atoms with van der Waals surface area (Å²) in [5.41, 5.74) is -1.88. The van der Waals surface area contributed by atoms with Gasteiger partial charge in [-0.05, 0) is 19.9 Å². The summed E-state index contributed by atoms with van der Waals surface area (Å²) >= 11 is 0. The third kappa shape index (κ3) is 3.06. The predicted octanol–water partition coefficient (Wildman–Crippen LogP) is 2.25. The van der Waals surface area contributed by atoms with E-state index in [0.717, 1.165) is 4.90 Å². The van der Waals surface area contributed by atoms with Crippen LogP contribution in [-0.4, -0.2) is 28.3 Å². The Labute approximate surface area is 113 Å². The first-order valence-corrected chi connectivity index (χ1v) is 5.61. The standard InChI is InChI=1S/C12H11F2N3O3/c1-7(2)16(4-3-15)12(18)9-5-8(13)6-10(11(9)14)17(19)20/h5-7H,4H2,1-2H3. The molecule has 1 rings (SSSR count). The van der Waals surface area contributed by atoms with Gasteiger partial charge in [0.2, 0.25) is 5.82 Å². The molecule has 0 aliphatic heterocycles. The molecule has 1 aromatic rings. The Morgan fingerprint density at radius 1 is 1.50 bits per heavy atom. The fraction of sp³-hybridized carbons (Fsp3) is 0.333. The topological polar surface area (TPSA) is 87.2 Å². The highest BCUT2D eigenvalue weighted by Gasteiger charge is 2.28. The highest BCUT2D eigenvalue weighted by molar-refractivity contribution is 5.95. The largest absolute Gasteiger partial charge is 0.323 e. The minimum Gasteiger partial charge on any atom is -0.323 e. The van der Waals surface area contributed by atoms with Crippen LogP contribution in [0.1, 0.15) is 24.2 Å². The van der Waals surface area contributed by atoms with Crippen LogP contribution in [0, 0.1) is 33.1 Å². The Morgan fingerprint density at radius 2 is 2.10 bits per heavy atom. The van der Waals surface area contributed by atoms with Gasteiger partial charge >= 0.3 is 5.69 Å². The van der Waals surface area contributed by atoms with Gasteiger partial charge in [0.15, 0.2) is 0 Å². The molecular weight excluding hydrogens is 272 g/mol. The van der Waals surface area contributed by atoms with E-state index in [1.165, 1.54) is 0 Å². The molecule has 0 heterocycles. The number of amides is 1. The first-order valence-electron chi connectivity index (χ1n) is 5.61. The van der Waals surface area contributed by atoms with Crippen LogP contribution in [-0.2, 0) is 0 Å². The number of carbonyl (C=O) groups excluding carboxylic acids is 1. The number of nitro benzene ring substituents is 1. The Balaban J connectivity index is 3.35. The second kappa shape index (κ2) is 6.06. The lowest BCUT2D eigenvalue weighted by Crippen LogP contribution is -2.37. The zero-order valence-electron chi connectivity index (χ0n) is 10.8. The third-order valence-corrected chi connectivity index (χ3v) is 2.57. The van der Waals surface area contributed by atoms with Crippen molar-refractivity contribution in [2.75, 3.05) is 6.54 Å². The highest BCUT2D eigenvalue weighted by atomic mass is 19.1. The smallest absolute Gasteiger partial charge is 0.308 e. The molecule has 0 spiro atoms. The molecular formula is C12H11F2N3O3. The minimum absolute atomic E-state index is 0.333. The molecule has 0 saturated carbocycles. The van der Waals surface area contributed by atoms with E-state index in [0.29, 0.717) is 12.1 Å². The van der Waals surface area contributed by atoms with Crippen molar-refractivity contribution in [3.63, 3.8) is 0 Å². The summed E-state index contributed by atoms with van der Waals surface area (Å²) in [5.74, 6) is -3.48. The van der Waals surface area contributed by atoms with Crippen LogP contribution in [0.3, 0.4) is 0 Å². The van der Waals surface area contributed by atoms with Gasteiger partial charge in [0.1, 0.15) is 12.4 Å². The summed E-state index contributed by atoms with van der Waals surface area (Å²) in [6.07, 6.45) is 0. The van der Waals surface area contributed by atoms with Gasteiger partial charge in [0, 0.05) is 6.04 Å². The number of rotatable bonds is 4. The van der Waals surface area contributed by atoms with Crippen LogP contribution in [0.25, 0.3) is 0 Å². The normalized spacial score (nSPS) is 10.2. The predicted molar refractivity (Wildman–Crippen MR) is 64.8 cm³/mol. The van der Waals surface area contributed by atoms with Crippen LogP contribution in [0.2, 0.25) is 0 Å². The highest BCUT2D eigenvalue weighted by Crippen LogP contribution is 2.24. The molecule has 8 heteroatoms. The van der Waals surface area contributed by atoms with Crippen LogP contribution in [0.4, 0.5) is 14.5 Å². The van der Waals surface area contributed by atoms with Gasteiger partial charge in [-0.25, -0.2) is 4.39 Å². The lowest BCUT2D eigenvalue weighted by molar-refractivity contribution is -0.387. The van der Waals surface area contributed by atoms with Gasteiger partial charge in [-0.3, -0.25) is 14.9 Å². The number of halogens is 2. The zero-order chi connectivity index (χ0) is 15.4. The zero-order valence-corrected chi connectivity index (χ0v) is 10.8. The summed E-state index contributed by atoms with van der Waals surface area (Å²) in [5, 5.41) is 19.2. The van der Waals surface area contributed by atoms with Crippen LogP contribution < -0.4 is 0 Å². The Kier molecular flexibility index (Phi) is 4.69. The molecule has 0 bridgehead atoms. The molecule has 106 valence electrons. The average molecular weight is 283 g/mol. The van der Waals surface area contributed by atoms with Crippen molar-refractivity contribution < 1.29 is 18.5 Å². The molecule has 1 amide bonds. The third-order valence-electron chi connectivity index (χ3n) is 2.57. The molecule has 0 saturated heterocycles. The molecule has 6 nitrogen and oxygen atoms in total. The first-order chi connectivity index (χ1) is 9.29. The second-order valence-corrected chi connectivity index (χ2v) is 4.23. The van der Waals surface area contributed by atoms with Gasteiger partial charge in [-0.2, -0.15) is 9.65 Å². The van der Waals surface area contributed by atoms with E-state index < -0.39 is 39.8 Å². The van der Waals surface area contributed by atoms with Gasteiger partial charge < -0.3 is 4.90 Å². The molecule has 0 atom stereocenters. The minimum atomic E-state index is -1.41. The molecule has 0 unspecified atom stereocenters. The number of hydrogen-bond donors (Lipinski definition) is 0. The Bertz CT molecular complexity index is 596. The van der Waals surface area contributed by atoms with Gasteiger partial charge in [-0.1, -0.05) is 0 Å². The van der Waals surface area contributed by atoms with E-state index in [-0.39, 0.29) is 6.54 Å². The number of nitriles is 1. The van der Waals surface area contributed by atoms with Crippen molar-refractivity contribution in [3.8, 4) is 6.07 Å². The van der Waals surface area contributed by atoms with Crippen molar-refractivity contribution in [1.29, 1.82) is 5.26 Å². The van der Waals surface area contributed by atoms with Crippen LogP contribution in [0.15, 0.2) is 12.1 Å². The molecule has 0 aromatic heterocycles. The number of nitrogens with zero attached hydrogens (tertiary/aromatic N) is 3. The number of benzene rings is 1. The number of hydrogen-bond acceptors (Lipinski definition) is 4. The van der Waals surface area contributed by atoms with Crippen molar-refractivity contribution in [3.05, 3.63) is 39.4 Å². The van der Waals surface area contributed by atoms with E-state index in [1.807, 2.05) is 0 Å². The van der Waals surface area contributed by atoms with Crippen molar-refractivity contribution in [1.82, 2.24) is 4.90 Å². The summed E-state index contributed by atoms with van der Waals surface area (Å²) in [6.45, 7) is 2.84. The summed E-state index contributed by atoms with van der Waals surface area (Å²) < 4.78 is 27.2. The second-order valence-electron chi connectivity index (χ2n) is 4.23. The van der Waals surface area contributed by atoms with E-state index in [4.69, 9.17) is 5.26 Å². The summed E-state index contributed by atoms with van der Waals surface area (Å²) in [7, 11) is 0. The van der Waals surface area contributed by atoms with Crippen molar-refractivity contribution in [2.45, 2.75) is 19.9 Å². The number of carbonyl (C=O) groups is 1.